The molecule has 1 aliphatic rings. The molecule has 8 nitrogen and oxygen atoms in total. The number of nitriles is 1. The highest BCUT2D eigenvalue weighted by atomic mass is 28.4. The van der Waals surface area contributed by atoms with Crippen molar-refractivity contribution in [2.45, 2.75) is 110 Å². The van der Waals surface area contributed by atoms with Crippen LogP contribution < -0.4 is 11.4 Å². The van der Waals surface area contributed by atoms with Crippen LogP contribution in [0.5, 0.6) is 0 Å². The zero-order chi connectivity index (χ0) is 27.9. The molecule has 10 heteroatoms. The molecule has 1 aromatic rings. The van der Waals surface area contributed by atoms with Gasteiger partial charge in [-0.05, 0) is 54.2 Å². The molecular weight excluding hydrogens is 488 g/mol. The van der Waals surface area contributed by atoms with Crippen LogP contribution in [0.4, 0.5) is 5.82 Å². The fraction of sp³-hybridized carbons (Fsp3) is 0.808. The molecule has 1 fully saturated rings. The molecule has 0 aliphatic carbocycles. The fourth-order valence-corrected chi connectivity index (χ4v) is 9.39. The summed E-state index contributed by atoms with van der Waals surface area (Å²) in [7, 11) is -4.50. The largest absolute Gasteiger partial charge is 0.414 e. The summed E-state index contributed by atoms with van der Waals surface area (Å²) in [4.78, 5) is 16.5. The van der Waals surface area contributed by atoms with Gasteiger partial charge in [-0.3, -0.25) is 4.57 Å². The molecule has 36 heavy (non-hydrogen) atoms. The first kappa shape index (κ1) is 30.7. The first-order valence-electron chi connectivity index (χ1n) is 13.0. The van der Waals surface area contributed by atoms with Gasteiger partial charge >= 0.3 is 5.69 Å². The van der Waals surface area contributed by atoms with E-state index >= 15 is 0 Å². The molecule has 1 aromatic heterocycles. The molecule has 1 aliphatic heterocycles. The van der Waals surface area contributed by atoms with E-state index in [-0.39, 0.29) is 15.9 Å². The van der Waals surface area contributed by atoms with Crippen molar-refractivity contribution in [1.82, 2.24) is 9.55 Å². The zero-order valence-electron chi connectivity index (χ0n) is 24.4. The van der Waals surface area contributed by atoms with Crippen LogP contribution in [0, 0.1) is 29.1 Å². The Morgan fingerprint density at radius 1 is 1.11 bits per heavy atom. The van der Waals surface area contributed by atoms with Gasteiger partial charge in [0.2, 0.25) is 0 Å². The van der Waals surface area contributed by atoms with E-state index in [0.29, 0.717) is 18.4 Å². The number of ether oxygens (including phenoxy) is 1. The van der Waals surface area contributed by atoms with Crippen molar-refractivity contribution in [3.8, 4) is 6.07 Å². The van der Waals surface area contributed by atoms with Gasteiger partial charge in [-0.1, -0.05) is 55.4 Å². The van der Waals surface area contributed by atoms with Gasteiger partial charge in [0.05, 0.1) is 18.8 Å². The van der Waals surface area contributed by atoms with Crippen LogP contribution >= 0.6 is 0 Å². The van der Waals surface area contributed by atoms with Gasteiger partial charge in [-0.15, -0.1) is 0 Å². The maximum atomic E-state index is 12.7. The van der Waals surface area contributed by atoms with E-state index in [1.807, 2.05) is 0 Å². The Morgan fingerprint density at radius 2 is 1.64 bits per heavy atom. The third kappa shape index (κ3) is 5.80. The standard InChI is InChI=1S/C26H48N4O4Si2/c1-17(2)25(5,6)35(9,10)32-16-20-22(34-36(11,12)26(7,8)18(3)4)19(15-27)23(33-20)30-14-13-21(28)29-24(30)31/h13-14,17-20,22-23H,16H2,1-12H3,(H2,28,29,31)/t19-,20+,22-,23+/m0/s1. The summed E-state index contributed by atoms with van der Waals surface area (Å²) in [5.74, 6) is 0.285. The SMILES string of the molecule is CC(C)C(C)(C)[Si](C)(C)OC[C@H]1O[C@@H](n2ccc(N)nc2=O)[C@@H](C#N)[C@@H]1O[Si](C)(C)C(C)(C)C(C)C. The molecule has 2 N–H and O–H groups in total. The van der Waals surface area contributed by atoms with Crippen molar-refractivity contribution in [1.29, 1.82) is 5.26 Å². The lowest BCUT2D eigenvalue weighted by Gasteiger charge is -2.45. The third-order valence-corrected chi connectivity index (χ3v) is 18.8. The summed E-state index contributed by atoms with van der Waals surface area (Å²) in [6.45, 7) is 27.0. The number of nitrogens with two attached hydrogens (primary N) is 1. The highest BCUT2D eigenvalue weighted by Crippen LogP contribution is 2.49. The maximum Gasteiger partial charge on any atom is 0.351 e. The predicted octanol–water partition coefficient (Wildman–Crippen LogP) is 5.55. The van der Waals surface area contributed by atoms with E-state index in [2.05, 4.69) is 92.6 Å². The molecule has 0 radical (unpaired) electrons. The summed E-state index contributed by atoms with van der Waals surface area (Å²) in [6.07, 6.45) is -0.310. The molecule has 0 amide bonds. The van der Waals surface area contributed by atoms with Crippen LogP contribution in [-0.4, -0.2) is 45.0 Å². The molecule has 204 valence electrons. The Morgan fingerprint density at radius 3 is 2.11 bits per heavy atom. The van der Waals surface area contributed by atoms with Crippen LogP contribution in [-0.2, 0) is 13.6 Å². The highest BCUT2D eigenvalue weighted by molar-refractivity contribution is 6.74. The topological polar surface area (TPSA) is 112 Å². The minimum atomic E-state index is -2.34. The number of nitrogen functional groups attached to an aromatic ring is 1. The molecule has 2 heterocycles. The minimum Gasteiger partial charge on any atom is -0.414 e. The molecule has 0 aromatic carbocycles. The lowest BCUT2D eigenvalue weighted by Crippen LogP contribution is -2.52. The normalized spacial score (nSPS) is 23.9. The molecule has 0 bridgehead atoms. The van der Waals surface area contributed by atoms with Crippen molar-refractivity contribution < 1.29 is 13.6 Å². The van der Waals surface area contributed by atoms with Gasteiger partial charge < -0.3 is 19.3 Å². The number of aromatic nitrogens is 2. The number of rotatable bonds is 10. The number of nitrogens with zero attached hydrogens (tertiary/aromatic N) is 3. The first-order chi connectivity index (χ1) is 16.3. The van der Waals surface area contributed by atoms with Crippen LogP contribution in [0.25, 0.3) is 0 Å². The quantitative estimate of drug-likeness (QED) is 0.390. The van der Waals surface area contributed by atoms with Crippen molar-refractivity contribution in [3.63, 3.8) is 0 Å². The van der Waals surface area contributed by atoms with Gasteiger partial charge in [-0.2, -0.15) is 10.2 Å². The summed E-state index contributed by atoms with van der Waals surface area (Å²) >= 11 is 0. The van der Waals surface area contributed by atoms with E-state index in [1.165, 1.54) is 4.57 Å². The maximum absolute atomic E-state index is 12.7. The number of anilines is 1. The Hall–Kier alpha value is -1.52. The van der Waals surface area contributed by atoms with Crippen molar-refractivity contribution in [3.05, 3.63) is 22.7 Å². The van der Waals surface area contributed by atoms with Gasteiger partial charge in [0.15, 0.2) is 22.9 Å². The van der Waals surface area contributed by atoms with Crippen LogP contribution in [0.2, 0.25) is 36.3 Å². The van der Waals surface area contributed by atoms with Gasteiger partial charge in [0, 0.05) is 6.20 Å². The van der Waals surface area contributed by atoms with E-state index in [9.17, 15) is 10.1 Å². The van der Waals surface area contributed by atoms with Crippen LogP contribution in [0.1, 0.15) is 61.6 Å². The van der Waals surface area contributed by atoms with Gasteiger partial charge in [0.1, 0.15) is 17.8 Å². The van der Waals surface area contributed by atoms with Crippen LogP contribution in [0.15, 0.2) is 17.1 Å². The monoisotopic (exact) mass is 536 g/mol. The predicted molar refractivity (Wildman–Crippen MR) is 149 cm³/mol. The second-order valence-corrected chi connectivity index (χ2v) is 22.1. The summed E-state index contributed by atoms with van der Waals surface area (Å²) in [6, 6.07) is 3.93. The van der Waals surface area contributed by atoms with Crippen molar-refractivity contribution in [2.75, 3.05) is 12.3 Å². The van der Waals surface area contributed by atoms with E-state index < -0.39 is 46.7 Å². The van der Waals surface area contributed by atoms with Gasteiger partial charge in [-0.25, -0.2) is 4.79 Å². The minimum absolute atomic E-state index is 0.0292. The zero-order valence-corrected chi connectivity index (χ0v) is 26.4. The average Bonchev–Trinajstić information content (AvgIpc) is 3.08. The summed E-state index contributed by atoms with van der Waals surface area (Å²) < 4.78 is 21.4. The molecule has 4 atom stereocenters. The Labute approximate surface area is 219 Å². The molecule has 0 spiro atoms. The number of hydrogen-bond donors (Lipinski definition) is 1. The molecule has 1 saturated heterocycles. The highest BCUT2D eigenvalue weighted by Gasteiger charge is 2.54. The van der Waals surface area contributed by atoms with Crippen molar-refractivity contribution >= 4 is 22.5 Å². The third-order valence-electron chi connectivity index (χ3n) is 9.65. The Balaban J connectivity index is 2.48. The number of hydrogen-bond acceptors (Lipinski definition) is 7. The molecule has 0 unspecified atom stereocenters. The molecule has 2 rings (SSSR count). The molecule has 0 saturated carbocycles. The Kier molecular flexibility index (Phi) is 9.12. The second-order valence-electron chi connectivity index (χ2n) is 12.9. The average molecular weight is 537 g/mol. The lowest BCUT2D eigenvalue weighted by molar-refractivity contribution is -0.0431. The summed E-state index contributed by atoms with van der Waals surface area (Å²) in [5, 5.41) is 10.3. The van der Waals surface area contributed by atoms with E-state index in [4.69, 9.17) is 19.3 Å². The summed E-state index contributed by atoms with van der Waals surface area (Å²) in [5.41, 5.74) is 5.16. The van der Waals surface area contributed by atoms with Crippen LogP contribution in [0.3, 0.4) is 0 Å². The first-order valence-corrected chi connectivity index (χ1v) is 18.8. The lowest BCUT2D eigenvalue weighted by atomic mass is 9.99. The molecular formula is C26H48N4O4Si2. The van der Waals surface area contributed by atoms with E-state index in [0.717, 1.165) is 0 Å². The van der Waals surface area contributed by atoms with Gasteiger partial charge in [0.25, 0.3) is 0 Å². The van der Waals surface area contributed by atoms with E-state index in [1.54, 1.807) is 12.3 Å². The second kappa shape index (κ2) is 10.7. The smallest absolute Gasteiger partial charge is 0.351 e. The fourth-order valence-electron chi connectivity index (χ4n) is 4.37. The Bertz CT molecular complexity index is 1010. The van der Waals surface area contributed by atoms with Crippen molar-refractivity contribution in [2.24, 2.45) is 17.8 Å².